The van der Waals surface area contributed by atoms with Crippen molar-refractivity contribution in [2.24, 2.45) is 0 Å². The van der Waals surface area contributed by atoms with Crippen LogP contribution in [0.2, 0.25) is 0 Å². The summed E-state index contributed by atoms with van der Waals surface area (Å²) in [5.41, 5.74) is 2.17. The van der Waals surface area contributed by atoms with Gasteiger partial charge in [0.2, 0.25) is 5.91 Å². The van der Waals surface area contributed by atoms with Gasteiger partial charge in [-0.25, -0.2) is 9.67 Å². The van der Waals surface area contributed by atoms with Crippen molar-refractivity contribution in [2.75, 3.05) is 13.1 Å². The maximum absolute atomic E-state index is 13.4. The fraction of sp³-hybridized carbons (Fsp3) is 0.550. The number of hydrogen-bond donors (Lipinski definition) is 0. The maximum Gasteiger partial charge on any atom is 0.233 e. The smallest absolute Gasteiger partial charge is 0.233 e. The van der Waals surface area contributed by atoms with Crippen molar-refractivity contribution in [1.82, 2.24) is 19.7 Å². The summed E-state index contributed by atoms with van der Waals surface area (Å²) in [6.45, 7) is 7.64. The van der Waals surface area contributed by atoms with Gasteiger partial charge in [0.25, 0.3) is 0 Å². The standard InChI is InChI=1S/C20H26N4O/c1-14-7-4-5-9-18(14)20(10-11-20)19(25)23-12-6-8-17(13-23)24-16(3)21-15(2)22-24/h4-5,7,9,17H,6,8,10-13H2,1-3H3/t17-/m1/s1. The predicted molar refractivity (Wildman–Crippen MR) is 96.4 cm³/mol. The van der Waals surface area contributed by atoms with Crippen LogP contribution in [-0.2, 0) is 10.2 Å². The molecular weight excluding hydrogens is 312 g/mol. The molecule has 0 spiro atoms. The molecule has 2 heterocycles. The van der Waals surface area contributed by atoms with Gasteiger partial charge in [-0.3, -0.25) is 4.79 Å². The average Bonchev–Trinajstić information content (AvgIpc) is 3.34. The Balaban J connectivity index is 1.57. The van der Waals surface area contributed by atoms with Gasteiger partial charge in [0.05, 0.1) is 11.5 Å². The highest BCUT2D eigenvalue weighted by Gasteiger charge is 2.54. The quantitative estimate of drug-likeness (QED) is 0.864. The number of amides is 1. The number of rotatable bonds is 3. The Labute approximate surface area is 149 Å². The first-order valence-electron chi connectivity index (χ1n) is 9.26. The van der Waals surface area contributed by atoms with Crippen LogP contribution in [0.5, 0.6) is 0 Å². The molecule has 25 heavy (non-hydrogen) atoms. The van der Waals surface area contributed by atoms with Crippen molar-refractivity contribution < 1.29 is 4.79 Å². The van der Waals surface area contributed by atoms with Gasteiger partial charge in [-0.15, -0.1) is 0 Å². The average molecular weight is 338 g/mol. The van der Waals surface area contributed by atoms with Crippen LogP contribution in [0.3, 0.4) is 0 Å². The first-order valence-corrected chi connectivity index (χ1v) is 9.26. The number of aryl methyl sites for hydroxylation is 3. The normalized spacial score (nSPS) is 22.0. The highest BCUT2D eigenvalue weighted by molar-refractivity contribution is 5.91. The third-order valence-corrected chi connectivity index (χ3v) is 5.76. The second-order valence-electron chi connectivity index (χ2n) is 7.60. The van der Waals surface area contributed by atoms with Gasteiger partial charge in [-0.05, 0) is 57.6 Å². The van der Waals surface area contributed by atoms with Crippen LogP contribution in [0.1, 0.15) is 54.5 Å². The Morgan fingerprint density at radius 2 is 1.96 bits per heavy atom. The molecular formula is C20H26N4O. The molecule has 5 heteroatoms. The molecule has 132 valence electrons. The second kappa shape index (κ2) is 5.97. The van der Waals surface area contributed by atoms with E-state index in [1.165, 1.54) is 11.1 Å². The molecule has 1 aliphatic carbocycles. The summed E-state index contributed by atoms with van der Waals surface area (Å²) in [4.78, 5) is 19.9. The van der Waals surface area contributed by atoms with Gasteiger partial charge < -0.3 is 4.90 Å². The topological polar surface area (TPSA) is 51.0 Å². The van der Waals surface area contributed by atoms with E-state index in [1.807, 2.05) is 24.6 Å². The Bertz CT molecular complexity index is 806. The molecule has 0 bridgehead atoms. The molecule has 1 aromatic heterocycles. The van der Waals surface area contributed by atoms with Gasteiger partial charge >= 0.3 is 0 Å². The van der Waals surface area contributed by atoms with E-state index in [0.717, 1.165) is 50.4 Å². The van der Waals surface area contributed by atoms with Gasteiger partial charge in [-0.1, -0.05) is 24.3 Å². The zero-order valence-electron chi connectivity index (χ0n) is 15.3. The highest BCUT2D eigenvalue weighted by Crippen LogP contribution is 2.51. The lowest BCUT2D eigenvalue weighted by atomic mass is 9.89. The summed E-state index contributed by atoms with van der Waals surface area (Å²) in [5, 5.41) is 4.55. The number of likely N-dealkylation sites (tertiary alicyclic amines) is 1. The van der Waals surface area contributed by atoms with E-state index < -0.39 is 0 Å². The molecule has 5 nitrogen and oxygen atoms in total. The van der Waals surface area contributed by atoms with E-state index in [2.05, 4.69) is 40.1 Å². The molecule has 2 aromatic rings. The molecule has 1 amide bonds. The Morgan fingerprint density at radius 1 is 1.20 bits per heavy atom. The number of carbonyl (C=O) groups is 1. The van der Waals surface area contributed by atoms with E-state index >= 15 is 0 Å². The highest BCUT2D eigenvalue weighted by atomic mass is 16.2. The Kier molecular flexibility index (Phi) is 3.89. The lowest BCUT2D eigenvalue weighted by Crippen LogP contribution is -2.46. The van der Waals surface area contributed by atoms with Crippen LogP contribution in [0.15, 0.2) is 24.3 Å². The molecule has 0 N–H and O–H groups in total. The van der Waals surface area contributed by atoms with Gasteiger partial charge in [-0.2, -0.15) is 5.10 Å². The number of hydrogen-bond acceptors (Lipinski definition) is 3. The van der Waals surface area contributed by atoms with Gasteiger partial charge in [0.1, 0.15) is 11.6 Å². The van der Waals surface area contributed by atoms with Crippen LogP contribution in [0.4, 0.5) is 0 Å². The predicted octanol–water partition coefficient (Wildman–Crippen LogP) is 3.10. The van der Waals surface area contributed by atoms with Crippen LogP contribution in [0.25, 0.3) is 0 Å². The summed E-state index contributed by atoms with van der Waals surface area (Å²) < 4.78 is 2.02. The van der Waals surface area contributed by atoms with Crippen LogP contribution < -0.4 is 0 Å². The molecule has 1 aliphatic heterocycles. The SMILES string of the molecule is Cc1nc(C)n([C@@H]2CCCN(C(=O)C3(c4ccccc4C)CC3)C2)n1. The number of aromatic nitrogens is 3. The molecule has 1 saturated heterocycles. The van der Waals surface area contributed by atoms with E-state index in [1.54, 1.807) is 0 Å². The largest absolute Gasteiger partial charge is 0.340 e. The second-order valence-corrected chi connectivity index (χ2v) is 7.60. The summed E-state index contributed by atoms with van der Waals surface area (Å²) in [5.74, 6) is 2.05. The minimum atomic E-state index is -0.277. The van der Waals surface area contributed by atoms with Crippen LogP contribution in [0, 0.1) is 20.8 Å². The zero-order valence-corrected chi connectivity index (χ0v) is 15.3. The minimum absolute atomic E-state index is 0.242. The van der Waals surface area contributed by atoms with Crippen LogP contribution in [-0.4, -0.2) is 38.7 Å². The number of carbonyl (C=O) groups excluding carboxylic acids is 1. The zero-order chi connectivity index (χ0) is 17.6. The Hall–Kier alpha value is -2.17. The van der Waals surface area contributed by atoms with Gasteiger partial charge in [0.15, 0.2) is 0 Å². The van der Waals surface area contributed by atoms with Crippen molar-refractivity contribution in [3.63, 3.8) is 0 Å². The minimum Gasteiger partial charge on any atom is -0.340 e. The molecule has 1 atom stereocenters. The number of nitrogens with zero attached hydrogens (tertiary/aromatic N) is 4. The fourth-order valence-corrected chi connectivity index (χ4v) is 4.36. The third-order valence-electron chi connectivity index (χ3n) is 5.76. The van der Waals surface area contributed by atoms with E-state index in [9.17, 15) is 4.79 Å². The summed E-state index contributed by atoms with van der Waals surface area (Å²) in [7, 11) is 0. The van der Waals surface area contributed by atoms with Crippen LogP contribution >= 0.6 is 0 Å². The van der Waals surface area contributed by atoms with Crippen molar-refractivity contribution in [1.29, 1.82) is 0 Å². The van der Waals surface area contributed by atoms with E-state index in [0.29, 0.717) is 5.91 Å². The maximum atomic E-state index is 13.4. The van der Waals surface area contributed by atoms with E-state index in [-0.39, 0.29) is 11.5 Å². The number of benzene rings is 1. The van der Waals surface area contributed by atoms with Crippen molar-refractivity contribution in [2.45, 2.75) is 57.9 Å². The number of piperidine rings is 1. The summed E-state index contributed by atoms with van der Waals surface area (Å²) >= 11 is 0. The Morgan fingerprint density at radius 3 is 2.60 bits per heavy atom. The molecule has 2 fully saturated rings. The first kappa shape index (κ1) is 16.3. The molecule has 1 saturated carbocycles. The van der Waals surface area contributed by atoms with Crippen molar-refractivity contribution >= 4 is 5.91 Å². The summed E-state index contributed by atoms with van der Waals surface area (Å²) in [6, 6.07) is 8.59. The van der Waals surface area contributed by atoms with Crippen molar-refractivity contribution in [3.05, 3.63) is 47.0 Å². The molecule has 2 aliphatic rings. The molecule has 0 radical (unpaired) electrons. The molecule has 1 aromatic carbocycles. The summed E-state index contributed by atoms with van der Waals surface area (Å²) in [6.07, 6.45) is 4.03. The lowest BCUT2D eigenvalue weighted by molar-refractivity contribution is -0.135. The molecule has 4 rings (SSSR count). The lowest BCUT2D eigenvalue weighted by Gasteiger charge is -2.35. The molecule has 0 unspecified atom stereocenters. The monoisotopic (exact) mass is 338 g/mol. The first-order chi connectivity index (χ1) is 12.0. The van der Waals surface area contributed by atoms with Crippen molar-refractivity contribution in [3.8, 4) is 0 Å². The third kappa shape index (κ3) is 2.75. The fourth-order valence-electron chi connectivity index (χ4n) is 4.36. The van der Waals surface area contributed by atoms with Gasteiger partial charge in [0, 0.05) is 13.1 Å². The van der Waals surface area contributed by atoms with E-state index in [4.69, 9.17) is 0 Å².